The molecule has 0 aliphatic heterocycles. The van der Waals surface area contributed by atoms with Gasteiger partial charge in [0.05, 0.1) is 6.54 Å². The minimum atomic E-state index is -0.107. The van der Waals surface area contributed by atoms with E-state index in [0.29, 0.717) is 10.6 Å². The number of hydrogen-bond acceptors (Lipinski definition) is 3. The zero-order valence-electron chi connectivity index (χ0n) is 9.14. The molecule has 0 atom stereocenters. The molecule has 3 nitrogen and oxygen atoms in total. The van der Waals surface area contributed by atoms with Crippen LogP contribution in [0.15, 0.2) is 34.4 Å². The van der Waals surface area contributed by atoms with Crippen molar-refractivity contribution in [1.82, 2.24) is 4.57 Å². The van der Waals surface area contributed by atoms with E-state index in [4.69, 9.17) is 11.6 Å². The number of carbonyl (C=O) groups is 1. The molecule has 2 aromatic rings. The fraction of sp³-hybridized carbons (Fsp3) is 0.167. The third-order valence-corrected chi connectivity index (χ3v) is 3.58. The standard InChI is InChI=1S/C12H10ClNO2S/c1-8-7-17-12(16)14(8)6-11(15)9-2-4-10(13)5-3-9/h2-5,7H,6H2,1H3. The van der Waals surface area contributed by atoms with E-state index in [1.54, 1.807) is 29.6 Å². The van der Waals surface area contributed by atoms with Crippen LogP contribution < -0.4 is 4.87 Å². The van der Waals surface area contributed by atoms with E-state index in [0.717, 1.165) is 17.0 Å². The number of nitrogens with zero attached hydrogens (tertiary/aromatic N) is 1. The summed E-state index contributed by atoms with van der Waals surface area (Å²) in [5, 5.41) is 2.34. The highest BCUT2D eigenvalue weighted by Crippen LogP contribution is 2.11. The summed E-state index contributed by atoms with van der Waals surface area (Å²) in [7, 11) is 0. The summed E-state index contributed by atoms with van der Waals surface area (Å²) < 4.78 is 1.47. The van der Waals surface area contributed by atoms with Gasteiger partial charge in [0, 0.05) is 21.7 Å². The molecule has 17 heavy (non-hydrogen) atoms. The van der Waals surface area contributed by atoms with E-state index < -0.39 is 0 Å². The zero-order chi connectivity index (χ0) is 12.4. The van der Waals surface area contributed by atoms with Crippen molar-refractivity contribution in [3.63, 3.8) is 0 Å². The first kappa shape index (κ1) is 12.1. The highest BCUT2D eigenvalue weighted by atomic mass is 35.5. The van der Waals surface area contributed by atoms with Crippen molar-refractivity contribution >= 4 is 28.7 Å². The molecule has 0 spiro atoms. The number of halogens is 1. The maximum Gasteiger partial charge on any atom is 0.307 e. The molecule has 1 aromatic carbocycles. The Morgan fingerprint density at radius 2 is 2.00 bits per heavy atom. The Bertz CT molecular complexity index is 598. The molecule has 0 amide bonds. The van der Waals surface area contributed by atoms with Crippen LogP contribution in [0.25, 0.3) is 0 Å². The molecule has 0 unspecified atom stereocenters. The van der Waals surface area contributed by atoms with Crippen LogP contribution in [-0.4, -0.2) is 10.4 Å². The maximum atomic E-state index is 11.9. The van der Waals surface area contributed by atoms with Crippen LogP contribution in [0.1, 0.15) is 16.1 Å². The van der Waals surface area contributed by atoms with E-state index in [1.807, 2.05) is 6.92 Å². The third kappa shape index (κ3) is 2.65. The molecule has 5 heteroatoms. The molecule has 0 saturated carbocycles. The molecule has 0 aliphatic carbocycles. The van der Waals surface area contributed by atoms with E-state index in [2.05, 4.69) is 0 Å². The number of benzene rings is 1. The maximum absolute atomic E-state index is 11.9. The molecule has 0 fully saturated rings. The summed E-state index contributed by atoms with van der Waals surface area (Å²) in [6, 6.07) is 6.66. The number of aromatic nitrogens is 1. The van der Waals surface area contributed by atoms with Gasteiger partial charge in [-0.25, -0.2) is 0 Å². The molecule has 0 bridgehead atoms. The monoisotopic (exact) mass is 267 g/mol. The number of carbonyl (C=O) groups excluding carboxylic acids is 1. The van der Waals surface area contributed by atoms with Gasteiger partial charge in [0.25, 0.3) is 0 Å². The Balaban J connectivity index is 2.23. The van der Waals surface area contributed by atoms with Gasteiger partial charge in [-0.3, -0.25) is 14.2 Å². The number of ketones is 1. The first-order chi connectivity index (χ1) is 8.08. The van der Waals surface area contributed by atoms with Crippen LogP contribution >= 0.6 is 22.9 Å². The first-order valence-corrected chi connectivity index (χ1v) is 6.27. The first-order valence-electron chi connectivity index (χ1n) is 5.01. The van der Waals surface area contributed by atoms with Gasteiger partial charge in [-0.2, -0.15) is 0 Å². The van der Waals surface area contributed by atoms with Gasteiger partial charge >= 0.3 is 4.87 Å². The normalized spacial score (nSPS) is 10.5. The molecule has 1 aromatic heterocycles. The minimum absolute atomic E-state index is 0.0792. The van der Waals surface area contributed by atoms with Gasteiger partial charge in [-0.15, -0.1) is 0 Å². The topological polar surface area (TPSA) is 39.1 Å². The van der Waals surface area contributed by atoms with Gasteiger partial charge in [0.1, 0.15) is 0 Å². The van der Waals surface area contributed by atoms with Gasteiger partial charge in [-0.05, 0) is 31.2 Å². The van der Waals surface area contributed by atoms with Crippen LogP contribution in [0, 0.1) is 6.92 Å². The van der Waals surface area contributed by atoms with Crippen molar-refractivity contribution in [3.8, 4) is 0 Å². The summed E-state index contributed by atoms with van der Waals surface area (Å²) in [6.07, 6.45) is 0. The molecule has 0 radical (unpaired) electrons. The molecule has 1 heterocycles. The number of rotatable bonds is 3. The Morgan fingerprint density at radius 3 is 2.53 bits per heavy atom. The van der Waals surface area contributed by atoms with Crippen LogP contribution in [0.5, 0.6) is 0 Å². The summed E-state index contributed by atoms with van der Waals surface area (Å²) in [5.74, 6) is -0.0923. The van der Waals surface area contributed by atoms with Crippen LogP contribution in [-0.2, 0) is 6.54 Å². The number of thiazole rings is 1. The van der Waals surface area contributed by atoms with E-state index in [1.165, 1.54) is 4.57 Å². The van der Waals surface area contributed by atoms with Gasteiger partial charge in [-0.1, -0.05) is 22.9 Å². The van der Waals surface area contributed by atoms with E-state index >= 15 is 0 Å². The minimum Gasteiger partial charge on any atom is -0.296 e. The number of Topliss-reactive ketones (excluding diaryl/α,β-unsaturated/α-hetero) is 1. The van der Waals surface area contributed by atoms with Gasteiger partial charge in [0.15, 0.2) is 5.78 Å². The third-order valence-electron chi connectivity index (χ3n) is 2.44. The molecule has 2 rings (SSSR count). The summed E-state index contributed by atoms with van der Waals surface area (Å²) in [5.41, 5.74) is 1.37. The SMILES string of the molecule is Cc1csc(=O)n1CC(=O)c1ccc(Cl)cc1. The predicted molar refractivity (Wildman–Crippen MR) is 69.1 cm³/mol. The van der Waals surface area contributed by atoms with Crippen LogP contribution in [0.2, 0.25) is 5.02 Å². The van der Waals surface area contributed by atoms with Crippen molar-refractivity contribution < 1.29 is 4.79 Å². The van der Waals surface area contributed by atoms with Crippen molar-refractivity contribution in [1.29, 1.82) is 0 Å². The van der Waals surface area contributed by atoms with E-state index in [9.17, 15) is 9.59 Å². The quantitative estimate of drug-likeness (QED) is 0.802. The summed E-state index contributed by atoms with van der Waals surface area (Å²) >= 11 is 6.85. The zero-order valence-corrected chi connectivity index (χ0v) is 10.7. The fourth-order valence-corrected chi connectivity index (χ4v) is 2.33. The fourth-order valence-electron chi connectivity index (χ4n) is 1.47. The molecular formula is C12H10ClNO2S. The van der Waals surface area contributed by atoms with Crippen LogP contribution in [0.3, 0.4) is 0 Å². The highest BCUT2D eigenvalue weighted by molar-refractivity contribution is 7.07. The largest absolute Gasteiger partial charge is 0.307 e. The average Bonchev–Trinajstić information content (AvgIpc) is 2.61. The highest BCUT2D eigenvalue weighted by Gasteiger charge is 2.10. The number of aryl methyl sites for hydroxylation is 1. The summed E-state index contributed by atoms with van der Waals surface area (Å²) in [4.78, 5) is 23.3. The lowest BCUT2D eigenvalue weighted by Crippen LogP contribution is -2.20. The van der Waals surface area contributed by atoms with Crippen LogP contribution in [0.4, 0.5) is 0 Å². The second-order valence-corrected chi connectivity index (χ2v) is 4.92. The molecule has 0 N–H and O–H groups in total. The van der Waals surface area contributed by atoms with Gasteiger partial charge < -0.3 is 0 Å². The Labute approximate surface area is 107 Å². The van der Waals surface area contributed by atoms with Crippen molar-refractivity contribution in [2.45, 2.75) is 13.5 Å². The lowest BCUT2D eigenvalue weighted by Gasteiger charge is -2.03. The predicted octanol–water partition coefficient (Wildman–Crippen LogP) is 2.75. The van der Waals surface area contributed by atoms with Crippen molar-refractivity contribution in [2.24, 2.45) is 0 Å². The van der Waals surface area contributed by atoms with E-state index in [-0.39, 0.29) is 17.2 Å². The molecular weight excluding hydrogens is 258 g/mol. The lowest BCUT2D eigenvalue weighted by atomic mass is 10.1. The average molecular weight is 268 g/mol. The second-order valence-electron chi connectivity index (χ2n) is 3.66. The van der Waals surface area contributed by atoms with Crippen molar-refractivity contribution in [3.05, 3.63) is 55.6 Å². The number of hydrogen-bond donors (Lipinski definition) is 0. The lowest BCUT2D eigenvalue weighted by molar-refractivity contribution is 0.0970. The molecule has 0 aliphatic rings. The summed E-state index contributed by atoms with van der Waals surface area (Å²) in [6.45, 7) is 1.89. The molecule has 0 saturated heterocycles. The molecule has 88 valence electrons. The smallest absolute Gasteiger partial charge is 0.296 e. The second kappa shape index (κ2) is 4.85. The van der Waals surface area contributed by atoms with Crippen molar-refractivity contribution in [2.75, 3.05) is 0 Å². The Morgan fingerprint density at radius 1 is 1.35 bits per heavy atom. The Hall–Kier alpha value is -1.39. The van der Waals surface area contributed by atoms with Gasteiger partial charge in [0.2, 0.25) is 0 Å². The Kier molecular flexibility index (Phi) is 3.45.